The summed E-state index contributed by atoms with van der Waals surface area (Å²) in [6.07, 6.45) is 1.84. The van der Waals surface area contributed by atoms with E-state index in [4.69, 9.17) is 0 Å². The SMILES string of the molecule is C=CCn1c([C@H](C)NC(=O)c2ccccc2)nc2ccccc21. The molecule has 0 saturated carbocycles. The molecule has 1 N–H and O–H groups in total. The average Bonchev–Trinajstić information content (AvgIpc) is 2.95. The number of fused-ring (bicyclic) bond motifs is 1. The highest BCUT2D eigenvalue weighted by atomic mass is 16.1. The number of nitrogens with zero attached hydrogens (tertiary/aromatic N) is 2. The van der Waals surface area contributed by atoms with Gasteiger partial charge in [0.05, 0.1) is 17.1 Å². The molecule has 0 aliphatic rings. The minimum absolute atomic E-state index is 0.102. The van der Waals surface area contributed by atoms with E-state index in [0.717, 1.165) is 16.9 Å². The first-order valence-corrected chi connectivity index (χ1v) is 7.62. The molecule has 0 aliphatic carbocycles. The summed E-state index contributed by atoms with van der Waals surface area (Å²) in [5.74, 6) is 0.727. The number of para-hydroxylation sites is 2. The lowest BCUT2D eigenvalue weighted by Gasteiger charge is -2.15. The molecule has 4 heteroatoms. The second-order valence-electron chi connectivity index (χ2n) is 5.42. The first-order chi connectivity index (χ1) is 11.2. The van der Waals surface area contributed by atoms with Crippen LogP contribution in [0.2, 0.25) is 0 Å². The van der Waals surface area contributed by atoms with E-state index in [2.05, 4.69) is 21.4 Å². The van der Waals surface area contributed by atoms with Gasteiger partial charge in [-0.05, 0) is 31.2 Å². The molecule has 1 heterocycles. The predicted octanol–water partition coefficient (Wildman–Crippen LogP) is 3.71. The van der Waals surface area contributed by atoms with Gasteiger partial charge in [-0.25, -0.2) is 4.98 Å². The van der Waals surface area contributed by atoms with E-state index >= 15 is 0 Å². The fourth-order valence-corrected chi connectivity index (χ4v) is 2.68. The van der Waals surface area contributed by atoms with Gasteiger partial charge in [0.1, 0.15) is 5.82 Å². The molecule has 0 aliphatic heterocycles. The fraction of sp³-hybridized carbons (Fsp3) is 0.158. The van der Waals surface area contributed by atoms with Crippen molar-refractivity contribution in [1.29, 1.82) is 0 Å². The number of rotatable bonds is 5. The smallest absolute Gasteiger partial charge is 0.251 e. The van der Waals surface area contributed by atoms with Crippen molar-refractivity contribution in [2.75, 3.05) is 0 Å². The Hall–Kier alpha value is -2.88. The van der Waals surface area contributed by atoms with Gasteiger partial charge in [-0.3, -0.25) is 4.79 Å². The fourth-order valence-electron chi connectivity index (χ4n) is 2.68. The number of carbonyl (C=O) groups excluding carboxylic acids is 1. The Labute approximate surface area is 135 Å². The molecular formula is C19H19N3O. The summed E-state index contributed by atoms with van der Waals surface area (Å²) >= 11 is 0. The van der Waals surface area contributed by atoms with Crippen molar-refractivity contribution < 1.29 is 4.79 Å². The number of imidazole rings is 1. The lowest BCUT2D eigenvalue weighted by molar-refractivity contribution is 0.0938. The Morgan fingerprint density at radius 2 is 1.91 bits per heavy atom. The molecule has 0 unspecified atom stereocenters. The molecule has 0 spiro atoms. The van der Waals surface area contributed by atoms with Crippen molar-refractivity contribution in [3.63, 3.8) is 0 Å². The maximum absolute atomic E-state index is 12.3. The van der Waals surface area contributed by atoms with Gasteiger partial charge in [-0.1, -0.05) is 36.4 Å². The zero-order chi connectivity index (χ0) is 16.2. The quantitative estimate of drug-likeness (QED) is 0.730. The molecule has 3 aromatic rings. The van der Waals surface area contributed by atoms with Crippen LogP contribution in [0.5, 0.6) is 0 Å². The van der Waals surface area contributed by atoms with Crippen LogP contribution in [0.15, 0.2) is 67.3 Å². The molecule has 1 aromatic heterocycles. The minimum Gasteiger partial charge on any atom is -0.342 e. The van der Waals surface area contributed by atoms with Crippen LogP contribution in [0, 0.1) is 0 Å². The van der Waals surface area contributed by atoms with E-state index in [9.17, 15) is 4.79 Å². The lowest BCUT2D eigenvalue weighted by atomic mass is 10.2. The molecule has 2 aromatic carbocycles. The van der Waals surface area contributed by atoms with Gasteiger partial charge in [-0.15, -0.1) is 6.58 Å². The van der Waals surface area contributed by atoms with Crippen LogP contribution in [0.1, 0.15) is 29.1 Å². The van der Waals surface area contributed by atoms with E-state index in [1.807, 2.05) is 55.5 Å². The van der Waals surface area contributed by atoms with E-state index in [0.29, 0.717) is 12.1 Å². The zero-order valence-electron chi connectivity index (χ0n) is 13.1. The van der Waals surface area contributed by atoms with Gasteiger partial charge in [0, 0.05) is 12.1 Å². The third-order valence-corrected chi connectivity index (χ3v) is 3.77. The summed E-state index contributed by atoms with van der Waals surface area (Å²) in [6, 6.07) is 17.0. The predicted molar refractivity (Wildman–Crippen MR) is 92.3 cm³/mol. The van der Waals surface area contributed by atoms with Crippen LogP contribution in [-0.4, -0.2) is 15.5 Å². The van der Waals surface area contributed by atoms with Crippen LogP contribution in [-0.2, 0) is 6.54 Å². The highest BCUT2D eigenvalue weighted by Gasteiger charge is 2.18. The number of nitrogens with one attached hydrogen (secondary N) is 1. The Morgan fingerprint density at radius 3 is 2.65 bits per heavy atom. The van der Waals surface area contributed by atoms with Gasteiger partial charge in [-0.2, -0.15) is 0 Å². The van der Waals surface area contributed by atoms with E-state index in [1.165, 1.54) is 0 Å². The second kappa shape index (κ2) is 6.48. The molecule has 116 valence electrons. The standard InChI is InChI=1S/C19H19N3O/c1-3-13-22-17-12-8-7-11-16(17)21-18(22)14(2)20-19(23)15-9-5-4-6-10-15/h3-12,14H,1,13H2,2H3,(H,20,23)/t14-/m0/s1. The Bertz CT molecular complexity index is 836. The summed E-state index contributed by atoms with van der Waals surface area (Å²) in [6.45, 7) is 6.42. The van der Waals surface area contributed by atoms with E-state index < -0.39 is 0 Å². The summed E-state index contributed by atoms with van der Waals surface area (Å²) in [7, 11) is 0. The number of allylic oxidation sites excluding steroid dienone is 1. The van der Waals surface area contributed by atoms with Crippen molar-refractivity contribution in [3.8, 4) is 0 Å². The number of carbonyl (C=O) groups is 1. The third-order valence-electron chi connectivity index (χ3n) is 3.77. The molecule has 1 atom stereocenters. The van der Waals surface area contributed by atoms with Crippen molar-refractivity contribution in [1.82, 2.24) is 14.9 Å². The molecule has 0 bridgehead atoms. The first kappa shape index (κ1) is 15.0. The summed E-state index contributed by atoms with van der Waals surface area (Å²) in [5.41, 5.74) is 2.61. The monoisotopic (exact) mass is 305 g/mol. The third kappa shape index (κ3) is 3.01. The number of amides is 1. The Kier molecular flexibility index (Phi) is 4.24. The van der Waals surface area contributed by atoms with Crippen LogP contribution in [0.4, 0.5) is 0 Å². The van der Waals surface area contributed by atoms with Crippen LogP contribution in [0.25, 0.3) is 11.0 Å². The molecular weight excluding hydrogens is 286 g/mol. The number of hydrogen-bond donors (Lipinski definition) is 1. The largest absolute Gasteiger partial charge is 0.342 e. The topological polar surface area (TPSA) is 46.9 Å². The van der Waals surface area contributed by atoms with Gasteiger partial charge in [0.25, 0.3) is 5.91 Å². The number of aromatic nitrogens is 2. The minimum atomic E-state index is -0.199. The van der Waals surface area contributed by atoms with Gasteiger partial charge in [0.15, 0.2) is 0 Å². The Balaban J connectivity index is 1.91. The van der Waals surface area contributed by atoms with Gasteiger partial charge < -0.3 is 9.88 Å². The lowest BCUT2D eigenvalue weighted by Crippen LogP contribution is -2.28. The summed E-state index contributed by atoms with van der Waals surface area (Å²) in [4.78, 5) is 17.0. The maximum Gasteiger partial charge on any atom is 0.251 e. The average molecular weight is 305 g/mol. The number of benzene rings is 2. The Morgan fingerprint density at radius 1 is 1.22 bits per heavy atom. The summed E-state index contributed by atoms with van der Waals surface area (Å²) < 4.78 is 2.08. The van der Waals surface area contributed by atoms with Crippen molar-refractivity contribution >= 4 is 16.9 Å². The highest BCUT2D eigenvalue weighted by molar-refractivity contribution is 5.94. The van der Waals surface area contributed by atoms with Crippen LogP contribution >= 0.6 is 0 Å². The normalized spacial score (nSPS) is 12.0. The number of hydrogen-bond acceptors (Lipinski definition) is 2. The molecule has 0 fully saturated rings. The van der Waals surface area contributed by atoms with Crippen LogP contribution in [0.3, 0.4) is 0 Å². The molecule has 23 heavy (non-hydrogen) atoms. The van der Waals surface area contributed by atoms with Crippen molar-refractivity contribution in [2.45, 2.75) is 19.5 Å². The first-order valence-electron chi connectivity index (χ1n) is 7.62. The molecule has 4 nitrogen and oxygen atoms in total. The van der Waals surface area contributed by atoms with Crippen molar-refractivity contribution in [2.24, 2.45) is 0 Å². The van der Waals surface area contributed by atoms with Gasteiger partial charge in [0.2, 0.25) is 0 Å². The molecule has 0 saturated heterocycles. The van der Waals surface area contributed by atoms with Gasteiger partial charge >= 0.3 is 0 Å². The van der Waals surface area contributed by atoms with E-state index in [1.54, 1.807) is 12.1 Å². The molecule has 0 radical (unpaired) electrons. The highest BCUT2D eigenvalue weighted by Crippen LogP contribution is 2.21. The van der Waals surface area contributed by atoms with Crippen LogP contribution < -0.4 is 5.32 Å². The maximum atomic E-state index is 12.3. The molecule has 1 amide bonds. The van der Waals surface area contributed by atoms with Crippen molar-refractivity contribution in [3.05, 3.63) is 78.6 Å². The molecule has 3 rings (SSSR count). The van der Waals surface area contributed by atoms with E-state index in [-0.39, 0.29) is 11.9 Å². The zero-order valence-corrected chi connectivity index (χ0v) is 13.1. The summed E-state index contributed by atoms with van der Waals surface area (Å²) in [5, 5.41) is 3.02. The second-order valence-corrected chi connectivity index (χ2v) is 5.42.